The molecule has 15 nitrogen and oxygen atoms in total. The van der Waals surface area contributed by atoms with Crippen LogP contribution in [-0.4, -0.2) is 88.8 Å². The molecule has 1 saturated carbocycles. The molecule has 15 heteroatoms. The molecule has 358 valence electrons. The van der Waals surface area contributed by atoms with Crippen LogP contribution in [0.3, 0.4) is 0 Å². The molecule has 2 amide bonds. The number of benzene rings is 3. The number of hydrogen-bond donors (Lipinski definition) is 3. The zero-order valence-corrected chi connectivity index (χ0v) is 38.3. The molecular weight excluding hydrogens is 857 g/mol. The average molecular weight is 921 g/mol. The molecule has 2 aliphatic carbocycles. The standard InChI is InChI=1S/C52H64N4O11/c1-3-27-55(47(59)26-21-36-19-22-39(23-20-36)56(61)62)46-34-44(54-67-48-18-10-13-31-63-48)42-32-38(16-8-11-28-57)41(17-9-12-29-58)49-43-33-40(65-51(60)53-35-37-14-6-5-7-15-37)24-25-45(43)66-52(46,50(42)49)64-30-4-2/h4-7,14-15,19-26,32-33,38,41,46,48-50,57-58H,2-3,8-13,16-18,27-31,34-35H2,1H3,(H,53,60). The molecule has 0 spiro atoms. The van der Waals surface area contributed by atoms with Crippen LogP contribution in [0.2, 0.25) is 0 Å². The Morgan fingerprint density at radius 2 is 1.81 bits per heavy atom. The highest BCUT2D eigenvalue weighted by Crippen LogP contribution is 2.62. The molecule has 2 fully saturated rings. The lowest BCUT2D eigenvalue weighted by atomic mass is 9.55. The Labute approximate surface area is 392 Å². The van der Waals surface area contributed by atoms with E-state index >= 15 is 0 Å². The molecule has 3 aromatic carbocycles. The van der Waals surface area contributed by atoms with Gasteiger partial charge in [0.15, 0.2) is 0 Å². The highest BCUT2D eigenvalue weighted by molar-refractivity contribution is 6.03. The Bertz CT molecular complexity index is 2240. The van der Waals surface area contributed by atoms with Crippen molar-refractivity contribution in [1.82, 2.24) is 10.2 Å². The van der Waals surface area contributed by atoms with Crippen molar-refractivity contribution in [3.63, 3.8) is 0 Å². The van der Waals surface area contributed by atoms with Gasteiger partial charge in [-0.3, -0.25) is 14.9 Å². The minimum Gasteiger partial charge on any atom is -0.459 e. The van der Waals surface area contributed by atoms with Crippen LogP contribution >= 0.6 is 0 Å². The number of aliphatic hydroxyl groups excluding tert-OH is 2. The van der Waals surface area contributed by atoms with Crippen LogP contribution in [0.15, 0.2) is 108 Å². The molecule has 3 N–H and O–H groups in total. The van der Waals surface area contributed by atoms with Gasteiger partial charge < -0.3 is 44.2 Å². The van der Waals surface area contributed by atoms with Crippen LogP contribution < -0.4 is 14.8 Å². The van der Waals surface area contributed by atoms with E-state index in [4.69, 9.17) is 28.9 Å². The number of fused-ring (bicyclic) bond motifs is 2. The third-order valence-electron chi connectivity index (χ3n) is 13.2. The Hall–Kier alpha value is -5.87. The topological polar surface area (TPSA) is 192 Å². The third-order valence-corrected chi connectivity index (χ3v) is 13.2. The molecule has 3 aromatic rings. The van der Waals surface area contributed by atoms with Gasteiger partial charge in [0, 0.05) is 68.8 Å². The van der Waals surface area contributed by atoms with Crippen LogP contribution in [-0.2, 0) is 25.7 Å². The van der Waals surface area contributed by atoms with Crippen molar-refractivity contribution in [3.8, 4) is 11.5 Å². The summed E-state index contributed by atoms with van der Waals surface area (Å²) < 4.78 is 26.3. The number of nitrogens with zero attached hydrogens (tertiary/aromatic N) is 3. The van der Waals surface area contributed by atoms with E-state index in [1.807, 2.05) is 43.3 Å². The third kappa shape index (κ3) is 11.8. The normalized spacial score (nSPS) is 24.7. The lowest BCUT2D eigenvalue weighted by molar-refractivity contribution is -0.384. The molecule has 0 radical (unpaired) electrons. The smallest absolute Gasteiger partial charge is 0.412 e. The number of rotatable bonds is 22. The van der Waals surface area contributed by atoms with Gasteiger partial charge in [-0.05, 0) is 110 Å². The highest BCUT2D eigenvalue weighted by Gasteiger charge is 2.65. The fourth-order valence-corrected chi connectivity index (χ4v) is 10.2. The van der Waals surface area contributed by atoms with Gasteiger partial charge in [-0.2, -0.15) is 0 Å². The quantitative estimate of drug-likeness (QED) is 0.0287. The largest absolute Gasteiger partial charge is 0.459 e. The zero-order valence-electron chi connectivity index (χ0n) is 38.3. The first-order valence-corrected chi connectivity index (χ1v) is 23.8. The lowest BCUT2D eigenvalue weighted by Crippen LogP contribution is -2.70. The van der Waals surface area contributed by atoms with Crippen LogP contribution in [0.25, 0.3) is 6.08 Å². The Morgan fingerprint density at radius 3 is 2.51 bits per heavy atom. The summed E-state index contributed by atoms with van der Waals surface area (Å²) in [6, 6.07) is 20.2. The van der Waals surface area contributed by atoms with Crippen molar-refractivity contribution in [2.45, 2.75) is 108 Å². The first-order chi connectivity index (χ1) is 32.7. The second kappa shape index (κ2) is 23.7. The molecule has 0 aromatic heterocycles. The van der Waals surface area contributed by atoms with Crippen molar-refractivity contribution in [2.75, 3.05) is 33.0 Å². The van der Waals surface area contributed by atoms with E-state index in [1.54, 1.807) is 41.3 Å². The Balaban J connectivity index is 1.37. The number of ether oxygens (including phenoxy) is 4. The minimum absolute atomic E-state index is 0.00557. The summed E-state index contributed by atoms with van der Waals surface area (Å²) in [6.07, 6.45) is 13.5. The van der Waals surface area contributed by atoms with Crippen molar-refractivity contribution < 1.29 is 48.5 Å². The number of oxime groups is 1. The van der Waals surface area contributed by atoms with E-state index in [0.29, 0.717) is 61.6 Å². The number of carbonyl (C=O) groups excluding carboxylic acids is 2. The highest BCUT2D eigenvalue weighted by atomic mass is 16.8. The number of hydrogen-bond acceptors (Lipinski definition) is 12. The maximum Gasteiger partial charge on any atom is 0.412 e. The summed E-state index contributed by atoms with van der Waals surface area (Å²) >= 11 is 0. The van der Waals surface area contributed by atoms with Crippen LogP contribution in [0.4, 0.5) is 10.5 Å². The summed E-state index contributed by atoms with van der Waals surface area (Å²) in [5, 5.41) is 39.1. The number of allylic oxidation sites excluding steroid dienone is 1. The van der Waals surface area contributed by atoms with Gasteiger partial charge >= 0.3 is 6.09 Å². The van der Waals surface area contributed by atoms with Gasteiger partial charge in [0.2, 0.25) is 18.0 Å². The average Bonchev–Trinajstić information content (AvgIpc) is 3.35. The van der Waals surface area contributed by atoms with Crippen LogP contribution in [0.1, 0.15) is 100 Å². The number of nitro benzene ring substituents is 1. The molecule has 7 unspecified atom stereocenters. The Morgan fingerprint density at radius 1 is 1.03 bits per heavy atom. The first kappa shape index (κ1) is 49.0. The summed E-state index contributed by atoms with van der Waals surface area (Å²) in [5.41, 5.74) is 3.81. The van der Waals surface area contributed by atoms with Crippen molar-refractivity contribution in [3.05, 3.63) is 130 Å². The van der Waals surface area contributed by atoms with E-state index in [9.17, 15) is 29.9 Å². The van der Waals surface area contributed by atoms with Gasteiger partial charge in [0.1, 0.15) is 17.5 Å². The molecule has 2 heterocycles. The number of aliphatic hydroxyl groups is 2. The van der Waals surface area contributed by atoms with Crippen molar-refractivity contribution in [2.24, 2.45) is 22.9 Å². The molecule has 7 rings (SSSR count). The number of unbranched alkanes of at least 4 members (excludes halogenated alkanes) is 2. The van der Waals surface area contributed by atoms with Crippen LogP contribution in [0, 0.1) is 27.9 Å². The van der Waals surface area contributed by atoms with E-state index in [1.165, 1.54) is 18.2 Å². The van der Waals surface area contributed by atoms with E-state index in [2.05, 4.69) is 18.0 Å². The minimum atomic E-state index is -1.50. The van der Waals surface area contributed by atoms with E-state index in [0.717, 1.165) is 55.2 Å². The van der Waals surface area contributed by atoms with E-state index in [-0.39, 0.29) is 62.1 Å². The van der Waals surface area contributed by atoms with Gasteiger partial charge in [-0.1, -0.05) is 67.4 Å². The molecule has 4 aliphatic rings. The predicted octanol–water partition coefficient (Wildman–Crippen LogP) is 9.00. The molecule has 7 atom stereocenters. The number of non-ortho nitro benzene ring substituents is 1. The fraction of sp³-hybridized carbons (Fsp3) is 0.481. The van der Waals surface area contributed by atoms with Crippen molar-refractivity contribution in [1.29, 1.82) is 0 Å². The summed E-state index contributed by atoms with van der Waals surface area (Å²) in [5.74, 6) is -1.93. The number of carbonyl (C=O) groups is 2. The zero-order chi connectivity index (χ0) is 47.2. The fourth-order valence-electron chi connectivity index (χ4n) is 10.2. The molecule has 2 aliphatic heterocycles. The summed E-state index contributed by atoms with van der Waals surface area (Å²) in [4.78, 5) is 47.0. The monoisotopic (exact) mass is 920 g/mol. The van der Waals surface area contributed by atoms with Gasteiger partial charge in [-0.15, -0.1) is 6.58 Å². The predicted molar refractivity (Wildman–Crippen MR) is 253 cm³/mol. The number of nitrogens with one attached hydrogen (secondary N) is 1. The van der Waals surface area contributed by atoms with E-state index < -0.39 is 35.1 Å². The maximum atomic E-state index is 14.8. The van der Waals surface area contributed by atoms with Gasteiger partial charge in [0.25, 0.3) is 5.69 Å². The molecule has 1 saturated heterocycles. The maximum absolute atomic E-state index is 14.8. The second-order valence-electron chi connectivity index (χ2n) is 17.6. The second-order valence-corrected chi connectivity index (χ2v) is 17.6. The number of nitro groups is 1. The Kier molecular flexibility index (Phi) is 17.4. The number of amides is 2. The summed E-state index contributed by atoms with van der Waals surface area (Å²) in [7, 11) is 0. The molecule has 67 heavy (non-hydrogen) atoms. The van der Waals surface area contributed by atoms with Gasteiger partial charge in [-0.25, -0.2) is 4.79 Å². The first-order valence-electron chi connectivity index (χ1n) is 23.8. The molecule has 0 bridgehead atoms. The van der Waals surface area contributed by atoms with Gasteiger partial charge in [0.05, 0.1) is 29.8 Å². The van der Waals surface area contributed by atoms with Crippen molar-refractivity contribution >= 4 is 29.5 Å². The molecular formula is C52H64N4O11. The SMILES string of the molecule is C=CCOC12Oc3ccc(OC(=O)NCc4ccccc4)cc3C3C(CCCCO)C(CCCCO)C=C(C(=NOC4CCCCO4)CC1N(CCC)C(=O)C=Cc1ccc([N+](=O)[O-])cc1)C32. The summed E-state index contributed by atoms with van der Waals surface area (Å²) in [6.45, 7) is 7.39. The lowest BCUT2D eigenvalue weighted by Gasteiger charge is -2.60. The van der Waals surface area contributed by atoms with Crippen LogP contribution in [0.5, 0.6) is 11.5 Å².